The molecule has 0 saturated carbocycles. The molecule has 0 spiro atoms. The number of amides is 1. The Kier molecular flexibility index (Phi) is 5.84. The summed E-state index contributed by atoms with van der Waals surface area (Å²) in [5.74, 6) is -1.17. The molecule has 1 aliphatic rings. The van der Waals surface area contributed by atoms with Crippen molar-refractivity contribution >= 4 is 17.5 Å². The third-order valence-corrected chi connectivity index (χ3v) is 5.41. The lowest BCUT2D eigenvalue weighted by molar-refractivity contribution is -0.137. The fourth-order valence-electron chi connectivity index (χ4n) is 3.65. The zero-order valence-corrected chi connectivity index (χ0v) is 17.2. The van der Waals surface area contributed by atoms with Crippen LogP contribution in [0.3, 0.4) is 0 Å². The first kappa shape index (κ1) is 22.4. The normalized spacial score (nSPS) is 14.4. The average Bonchev–Trinajstić information content (AvgIpc) is 2.79. The fourth-order valence-corrected chi connectivity index (χ4v) is 3.65. The molecule has 170 valence electrons. The first-order valence-electron chi connectivity index (χ1n) is 10.0. The smallest absolute Gasteiger partial charge is 0.382 e. The fraction of sp³-hybridized carbons (Fsp3) is 0.217. The van der Waals surface area contributed by atoms with Gasteiger partial charge in [-0.1, -0.05) is 12.1 Å². The zero-order chi connectivity index (χ0) is 23.8. The summed E-state index contributed by atoms with van der Waals surface area (Å²) in [6.07, 6.45) is -1.79. The van der Waals surface area contributed by atoms with Crippen LogP contribution in [0, 0.1) is 5.82 Å². The van der Waals surface area contributed by atoms with Gasteiger partial charge >= 0.3 is 6.18 Å². The van der Waals surface area contributed by atoms with Gasteiger partial charge in [-0.05, 0) is 35.4 Å². The summed E-state index contributed by atoms with van der Waals surface area (Å²) in [6, 6.07) is 6.81. The van der Waals surface area contributed by atoms with Crippen LogP contribution in [0.25, 0.3) is 22.4 Å². The van der Waals surface area contributed by atoms with E-state index in [1.54, 1.807) is 0 Å². The van der Waals surface area contributed by atoms with Gasteiger partial charge in [-0.15, -0.1) is 0 Å². The molecule has 2 aromatic carbocycles. The standard InChI is InChI=1S/C23H18F4N4O2/c24-19-9-13(1-3-17(19)20-11-30-21(28)12-29-20)16-4-2-14(23(25,26)27)10-18(16)22(33)31-7-5-15(32)6-8-31/h1-4,9-12H,5-8H2,(H2,28,30). The molecule has 2 heterocycles. The maximum absolute atomic E-state index is 14.9. The zero-order valence-electron chi connectivity index (χ0n) is 17.2. The third-order valence-electron chi connectivity index (χ3n) is 5.41. The monoisotopic (exact) mass is 458 g/mol. The minimum atomic E-state index is -4.66. The lowest BCUT2D eigenvalue weighted by Crippen LogP contribution is -2.38. The number of rotatable bonds is 3. The number of benzene rings is 2. The van der Waals surface area contributed by atoms with Gasteiger partial charge in [-0.3, -0.25) is 14.6 Å². The number of ketones is 1. The van der Waals surface area contributed by atoms with Crippen LogP contribution in [0.4, 0.5) is 23.4 Å². The number of nitrogens with two attached hydrogens (primary N) is 1. The third kappa shape index (κ3) is 4.69. The number of nitrogen functional groups attached to an aromatic ring is 1. The van der Waals surface area contributed by atoms with Gasteiger partial charge in [0.05, 0.1) is 23.7 Å². The molecule has 1 aromatic heterocycles. The molecular formula is C23H18F4N4O2. The molecule has 1 aliphatic heterocycles. The van der Waals surface area contributed by atoms with Crippen LogP contribution in [-0.2, 0) is 11.0 Å². The van der Waals surface area contributed by atoms with E-state index in [0.717, 1.165) is 24.3 Å². The molecule has 0 radical (unpaired) electrons. The Morgan fingerprint density at radius 2 is 1.67 bits per heavy atom. The van der Waals surface area contributed by atoms with Crippen molar-refractivity contribution in [1.82, 2.24) is 14.9 Å². The van der Waals surface area contributed by atoms with Crippen molar-refractivity contribution in [2.24, 2.45) is 0 Å². The molecule has 0 unspecified atom stereocenters. The van der Waals surface area contributed by atoms with Gasteiger partial charge in [-0.2, -0.15) is 13.2 Å². The molecule has 2 N–H and O–H groups in total. The molecule has 0 aliphatic carbocycles. The van der Waals surface area contributed by atoms with Crippen LogP contribution >= 0.6 is 0 Å². The molecule has 33 heavy (non-hydrogen) atoms. The van der Waals surface area contributed by atoms with Gasteiger partial charge in [0.2, 0.25) is 0 Å². The van der Waals surface area contributed by atoms with Gasteiger partial charge in [0.1, 0.15) is 17.4 Å². The van der Waals surface area contributed by atoms with Crippen LogP contribution in [0.15, 0.2) is 48.8 Å². The number of hydrogen-bond donors (Lipinski definition) is 1. The van der Waals surface area contributed by atoms with Crippen molar-refractivity contribution in [3.8, 4) is 22.4 Å². The van der Waals surface area contributed by atoms with E-state index in [0.29, 0.717) is 0 Å². The van der Waals surface area contributed by atoms with Crippen LogP contribution < -0.4 is 5.73 Å². The quantitative estimate of drug-likeness (QED) is 0.590. The SMILES string of the molecule is Nc1cnc(-c2ccc(-c3ccc(C(F)(F)F)cc3C(=O)N3CCC(=O)CC3)cc2F)cn1. The van der Waals surface area contributed by atoms with Gasteiger partial charge in [0, 0.05) is 37.1 Å². The first-order valence-corrected chi connectivity index (χ1v) is 10.0. The summed E-state index contributed by atoms with van der Waals surface area (Å²) in [7, 11) is 0. The second-order valence-electron chi connectivity index (χ2n) is 7.61. The van der Waals surface area contributed by atoms with Crippen LogP contribution in [0.2, 0.25) is 0 Å². The van der Waals surface area contributed by atoms with Crippen molar-refractivity contribution in [2.45, 2.75) is 19.0 Å². The largest absolute Gasteiger partial charge is 0.416 e. The average molecular weight is 458 g/mol. The maximum atomic E-state index is 14.9. The van der Waals surface area contributed by atoms with Crippen molar-refractivity contribution in [3.63, 3.8) is 0 Å². The highest BCUT2D eigenvalue weighted by Gasteiger charge is 2.33. The molecule has 4 rings (SSSR count). The minimum Gasteiger partial charge on any atom is -0.382 e. The van der Waals surface area contributed by atoms with Gasteiger partial charge in [-0.25, -0.2) is 9.37 Å². The minimum absolute atomic E-state index is 0.00765. The Balaban J connectivity index is 1.76. The molecule has 1 fully saturated rings. The first-order chi connectivity index (χ1) is 15.6. The Bertz CT molecular complexity index is 1220. The number of carbonyl (C=O) groups excluding carboxylic acids is 2. The number of aromatic nitrogens is 2. The lowest BCUT2D eigenvalue weighted by atomic mass is 9.94. The van der Waals surface area contributed by atoms with Crippen molar-refractivity contribution in [1.29, 1.82) is 0 Å². The Hall–Kier alpha value is -3.82. The summed E-state index contributed by atoms with van der Waals surface area (Å²) in [6.45, 7) is 0.243. The Morgan fingerprint density at radius 3 is 2.27 bits per heavy atom. The lowest BCUT2D eigenvalue weighted by Gasteiger charge is -2.27. The van der Waals surface area contributed by atoms with Crippen molar-refractivity contribution in [2.75, 3.05) is 18.8 Å². The second-order valence-corrected chi connectivity index (χ2v) is 7.61. The number of anilines is 1. The highest BCUT2D eigenvalue weighted by atomic mass is 19.4. The van der Waals surface area contributed by atoms with Gasteiger partial charge in [0.15, 0.2) is 0 Å². The summed E-state index contributed by atoms with van der Waals surface area (Å²) in [5, 5.41) is 0. The van der Waals surface area contributed by atoms with E-state index >= 15 is 0 Å². The number of halogens is 4. The van der Waals surface area contributed by atoms with E-state index in [9.17, 15) is 27.2 Å². The molecule has 1 saturated heterocycles. The van der Waals surface area contributed by atoms with E-state index < -0.39 is 23.5 Å². The van der Waals surface area contributed by atoms with E-state index in [1.807, 2.05) is 0 Å². The Morgan fingerprint density at radius 1 is 0.970 bits per heavy atom. The Labute approximate surface area is 186 Å². The van der Waals surface area contributed by atoms with E-state index in [2.05, 4.69) is 9.97 Å². The number of nitrogens with zero attached hydrogens (tertiary/aromatic N) is 3. The summed E-state index contributed by atoms with van der Waals surface area (Å²) in [4.78, 5) is 33.8. The van der Waals surface area contributed by atoms with Crippen molar-refractivity contribution < 1.29 is 27.2 Å². The number of hydrogen-bond acceptors (Lipinski definition) is 5. The molecular weight excluding hydrogens is 440 g/mol. The highest BCUT2D eigenvalue weighted by molar-refractivity contribution is 6.02. The van der Waals surface area contributed by atoms with Crippen LogP contribution in [-0.4, -0.2) is 39.6 Å². The van der Waals surface area contributed by atoms with Crippen LogP contribution in [0.5, 0.6) is 0 Å². The maximum Gasteiger partial charge on any atom is 0.416 e. The summed E-state index contributed by atoms with van der Waals surface area (Å²) < 4.78 is 54.9. The molecule has 10 heteroatoms. The number of piperidine rings is 1. The number of likely N-dealkylation sites (tertiary alicyclic amines) is 1. The number of alkyl halides is 3. The molecule has 6 nitrogen and oxygen atoms in total. The van der Waals surface area contributed by atoms with E-state index in [4.69, 9.17) is 5.73 Å². The van der Waals surface area contributed by atoms with E-state index in [1.165, 1.54) is 29.4 Å². The second kappa shape index (κ2) is 8.61. The summed E-state index contributed by atoms with van der Waals surface area (Å²) >= 11 is 0. The highest BCUT2D eigenvalue weighted by Crippen LogP contribution is 2.35. The summed E-state index contributed by atoms with van der Waals surface area (Å²) in [5.41, 5.74) is 5.03. The molecule has 1 amide bonds. The predicted molar refractivity (Wildman–Crippen MR) is 112 cm³/mol. The predicted octanol–water partition coefficient (Wildman–Crippen LogP) is 4.36. The molecule has 0 bridgehead atoms. The molecule has 0 atom stereocenters. The number of Topliss-reactive ketones (excluding diaryl/α,β-unsaturated/α-hetero) is 1. The van der Waals surface area contributed by atoms with E-state index in [-0.39, 0.29) is 65.5 Å². The molecule has 3 aromatic rings. The van der Waals surface area contributed by atoms with Crippen molar-refractivity contribution in [3.05, 3.63) is 65.7 Å². The number of carbonyl (C=O) groups is 2. The van der Waals surface area contributed by atoms with Crippen LogP contribution in [0.1, 0.15) is 28.8 Å². The topological polar surface area (TPSA) is 89.2 Å². The van der Waals surface area contributed by atoms with Gasteiger partial charge in [0.25, 0.3) is 5.91 Å². The van der Waals surface area contributed by atoms with Gasteiger partial charge < -0.3 is 10.6 Å².